The smallest absolute Gasteiger partial charge is 0.261 e. The van der Waals surface area contributed by atoms with Crippen LogP contribution in [-0.4, -0.2) is 12.0 Å². The molecule has 0 aliphatic carbocycles. The quantitative estimate of drug-likeness (QED) is 0.790. The summed E-state index contributed by atoms with van der Waals surface area (Å²) in [6, 6.07) is 17.9. The Bertz CT molecular complexity index is 652. The summed E-state index contributed by atoms with van der Waals surface area (Å²) in [5.74, 6) is 1.04. The van der Waals surface area contributed by atoms with Gasteiger partial charge in [-0.05, 0) is 36.5 Å². The maximum Gasteiger partial charge on any atom is 0.261 e. The lowest BCUT2D eigenvalue weighted by molar-refractivity contribution is -0.128. The summed E-state index contributed by atoms with van der Waals surface area (Å²) < 4.78 is 5.94. The number of carbonyl (C=O) groups excluding carboxylic acids is 1. The van der Waals surface area contributed by atoms with E-state index in [1.54, 1.807) is 6.92 Å². The van der Waals surface area contributed by atoms with Gasteiger partial charge in [0, 0.05) is 0 Å². The van der Waals surface area contributed by atoms with E-state index in [4.69, 9.17) is 4.74 Å². The van der Waals surface area contributed by atoms with E-state index in [2.05, 4.69) is 26.1 Å². The highest BCUT2D eigenvalue weighted by Gasteiger charge is 2.20. The predicted octanol–water partition coefficient (Wildman–Crippen LogP) is 4.84. The first-order valence-corrected chi connectivity index (χ1v) is 8.63. The van der Waals surface area contributed by atoms with Gasteiger partial charge in [0.15, 0.2) is 6.10 Å². The van der Waals surface area contributed by atoms with Crippen LogP contribution in [0.25, 0.3) is 0 Å². The number of amides is 1. The molecule has 3 heteroatoms. The second-order valence-electron chi connectivity index (χ2n) is 6.33. The third-order valence-corrected chi connectivity index (χ3v) is 4.14. The van der Waals surface area contributed by atoms with Crippen LogP contribution in [0.2, 0.25) is 0 Å². The summed E-state index contributed by atoms with van der Waals surface area (Å²) in [5.41, 5.74) is 2.23. The van der Waals surface area contributed by atoms with Crippen LogP contribution in [0.5, 0.6) is 5.75 Å². The van der Waals surface area contributed by atoms with Crippen molar-refractivity contribution in [3.8, 4) is 5.75 Å². The minimum atomic E-state index is -0.539. The van der Waals surface area contributed by atoms with Crippen LogP contribution in [0, 0.1) is 0 Å². The fourth-order valence-corrected chi connectivity index (χ4v) is 2.70. The summed E-state index contributed by atoms with van der Waals surface area (Å²) in [6.45, 7) is 8.10. The van der Waals surface area contributed by atoms with Gasteiger partial charge in [-0.3, -0.25) is 4.79 Å². The van der Waals surface area contributed by atoms with Gasteiger partial charge in [0.05, 0.1) is 6.04 Å². The lowest BCUT2D eigenvalue weighted by Gasteiger charge is -2.22. The maximum absolute atomic E-state index is 12.5. The molecule has 0 saturated carbocycles. The highest BCUT2D eigenvalue weighted by molar-refractivity contribution is 5.81. The van der Waals surface area contributed by atoms with Crippen molar-refractivity contribution in [3.05, 3.63) is 65.7 Å². The molecule has 2 aromatic carbocycles. The maximum atomic E-state index is 12.5. The van der Waals surface area contributed by atoms with Gasteiger partial charge in [0.25, 0.3) is 5.91 Å². The average molecular weight is 325 g/mol. The second kappa shape index (κ2) is 8.53. The minimum Gasteiger partial charge on any atom is -0.481 e. The molecular formula is C21H27NO2. The van der Waals surface area contributed by atoms with Crippen molar-refractivity contribution in [1.82, 2.24) is 5.32 Å². The molecule has 2 rings (SSSR count). The van der Waals surface area contributed by atoms with E-state index in [1.165, 1.54) is 0 Å². The largest absolute Gasteiger partial charge is 0.481 e. The third kappa shape index (κ3) is 4.60. The number of ether oxygens (including phenoxy) is 1. The van der Waals surface area contributed by atoms with Crippen LogP contribution in [0.3, 0.4) is 0 Å². The Morgan fingerprint density at radius 3 is 2.25 bits per heavy atom. The zero-order valence-electron chi connectivity index (χ0n) is 15.0. The molecule has 0 radical (unpaired) electrons. The Balaban J connectivity index is 2.04. The van der Waals surface area contributed by atoms with Crippen molar-refractivity contribution in [2.24, 2.45) is 0 Å². The third-order valence-electron chi connectivity index (χ3n) is 4.14. The van der Waals surface area contributed by atoms with Gasteiger partial charge in [0.1, 0.15) is 5.75 Å². The second-order valence-corrected chi connectivity index (χ2v) is 6.33. The van der Waals surface area contributed by atoms with Crippen LogP contribution in [0.1, 0.15) is 57.2 Å². The number of hydrogen-bond acceptors (Lipinski definition) is 2. The normalized spacial score (nSPS) is 13.4. The van der Waals surface area contributed by atoms with E-state index in [-0.39, 0.29) is 11.9 Å². The predicted molar refractivity (Wildman–Crippen MR) is 98.2 cm³/mol. The molecule has 2 aromatic rings. The lowest BCUT2D eigenvalue weighted by atomic mass is 10.0. The van der Waals surface area contributed by atoms with Crippen LogP contribution >= 0.6 is 0 Å². The Morgan fingerprint density at radius 2 is 1.62 bits per heavy atom. The highest BCUT2D eigenvalue weighted by Crippen LogP contribution is 2.27. The van der Waals surface area contributed by atoms with Crippen molar-refractivity contribution in [1.29, 1.82) is 0 Å². The van der Waals surface area contributed by atoms with Crippen molar-refractivity contribution >= 4 is 5.91 Å². The molecule has 0 fully saturated rings. The molecule has 0 bridgehead atoms. The van der Waals surface area contributed by atoms with E-state index in [0.29, 0.717) is 5.92 Å². The van der Waals surface area contributed by atoms with Gasteiger partial charge in [-0.15, -0.1) is 0 Å². The molecule has 2 atom stereocenters. The molecule has 24 heavy (non-hydrogen) atoms. The van der Waals surface area contributed by atoms with Crippen molar-refractivity contribution in [2.45, 2.75) is 52.2 Å². The Kier molecular flexibility index (Phi) is 6.42. The van der Waals surface area contributed by atoms with Gasteiger partial charge < -0.3 is 10.1 Å². The standard InChI is InChI=1S/C21H27NO2/c1-5-19(17-11-7-6-8-12-17)22-21(23)16(4)24-20-14-10-9-13-18(20)15(2)3/h6-16,19H,5H2,1-4H3,(H,22,23)/t16-,19+/m0/s1. The first-order valence-electron chi connectivity index (χ1n) is 8.63. The zero-order valence-corrected chi connectivity index (χ0v) is 15.0. The van der Waals surface area contributed by atoms with E-state index in [9.17, 15) is 4.79 Å². The summed E-state index contributed by atoms with van der Waals surface area (Å²) in [5, 5.41) is 3.09. The average Bonchev–Trinajstić information content (AvgIpc) is 2.60. The molecule has 3 nitrogen and oxygen atoms in total. The van der Waals surface area contributed by atoms with E-state index in [1.807, 2.05) is 54.6 Å². The molecule has 1 amide bonds. The molecule has 0 spiro atoms. The van der Waals surface area contributed by atoms with Gasteiger partial charge in [-0.2, -0.15) is 0 Å². The van der Waals surface area contributed by atoms with Crippen molar-refractivity contribution in [2.75, 3.05) is 0 Å². The number of carbonyl (C=O) groups is 1. The summed E-state index contributed by atoms with van der Waals surface area (Å²) in [4.78, 5) is 12.5. The number of para-hydroxylation sites is 1. The van der Waals surface area contributed by atoms with Gasteiger partial charge in [-0.1, -0.05) is 69.3 Å². The van der Waals surface area contributed by atoms with Crippen LogP contribution < -0.4 is 10.1 Å². The summed E-state index contributed by atoms with van der Waals surface area (Å²) in [6.07, 6.45) is 0.299. The van der Waals surface area contributed by atoms with E-state index < -0.39 is 6.10 Å². The number of nitrogens with one attached hydrogen (secondary N) is 1. The molecule has 1 N–H and O–H groups in total. The molecule has 0 unspecified atom stereocenters. The van der Waals surface area contributed by atoms with Gasteiger partial charge in [-0.25, -0.2) is 0 Å². The molecule has 0 aromatic heterocycles. The Labute approximate surface area is 145 Å². The highest BCUT2D eigenvalue weighted by atomic mass is 16.5. The SMILES string of the molecule is CC[C@@H](NC(=O)[C@H](C)Oc1ccccc1C(C)C)c1ccccc1. The zero-order chi connectivity index (χ0) is 17.5. The summed E-state index contributed by atoms with van der Waals surface area (Å²) in [7, 11) is 0. The van der Waals surface area contributed by atoms with E-state index >= 15 is 0 Å². The minimum absolute atomic E-state index is 0.00472. The van der Waals surface area contributed by atoms with Gasteiger partial charge >= 0.3 is 0 Å². The van der Waals surface area contributed by atoms with Gasteiger partial charge in [0.2, 0.25) is 0 Å². The molecule has 0 aliphatic rings. The fourth-order valence-electron chi connectivity index (χ4n) is 2.70. The first kappa shape index (κ1) is 18.1. The van der Waals surface area contributed by atoms with Crippen LogP contribution in [-0.2, 0) is 4.79 Å². The fraction of sp³-hybridized carbons (Fsp3) is 0.381. The Morgan fingerprint density at radius 1 is 1.00 bits per heavy atom. The van der Waals surface area contributed by atoms with Crippen molar-refractivity contribution in [3.63, 3.8) is 0 Å². The molecular weight excluding hydrogens is 298 g/mol. The summed E-state index contributed by atoms with van der Waals surface area (Å²) >= 11 is 0. The lowest BCUT2D eigenvalue weighted by Crippen LogP contribution is -2.38. The molecule has 0 aliphatic heterocycles. The van der Waals surface area contributed by atoms with Crippen LogP contribution in [0.4, 0.5) is 0 Å². The topological polar surface area (TPSA) is 38.3 Å². The first-order chi connectivity index (χ1) is 11.5. The number of hydrogen-bond donors (Lipinski definition) is 1. The van der Waals surface area contributed by atoms with Crippen LogP contribution in [0.15, 0.2) is 54.6 Å². The molecule has 0 heterocycles. The van der Waals surface area contributed by atoms with Crippen molar-refractivity contribution < 1.29 is 9.53 Å². The number of rotatable bonds is 7. The molecule has 128 valence electrons. The van der Waals surface area contributed by atoms with E-state index in [0.717, 1.165) is 23.3 Å². The monoisotopic (exact) mass is 325 g/mol. The molecule has 0 saturated heterocycles. The Hall–Kier alpha value is -2.29. The number of benzene rings is 2.